The predicted octanol–water partition coefficient (Wildman–Crippen LogP) is 5.88. The fraction of sp³-hybridized carbons (Fsp3) is 0.240. The summed E-state index contributed by atoms with van der Waals surface area (Å²) in [6.45, 7) is 1.63. The second-order valence-electron chi connectivity index (χ2n) is 8.20. The van der Waals surface area contributed by atoms with E-state index in [4.69, 9.17) is 16.3 Å². The molecule has 0 saturated heterocycles. The third kappa shape index (κ3) is 7.21. The molecule has 1 aromatic heterocycles. The van der Waals surface area contributed by atoms with Gasteiger partial charge in [-0.15, -0.1) is 5.10 Å². The average molecular weight is 707 g/mol. The maximum atomic E-state index is 12.8. The summed E-state index contributed by atoms with van der Waals surface area (Å²) in [7, 11) is 0.993. The van der Waals surface area contributed by atoms with Crippen molar-refractivity contribution in [1.82, 2.24) is 15.5 Å². The fourth-order valence-corrected chi connectivity index (χ4v) is 5.04. The molecular weight excluding hydrogens is 689 g/mol. The first-order valence-electron chi connectivity index (χ1n) is 11.1. The van der Waals surface area contributed by atoms with Gasteiger partial charge >= 0.3 is 18.1 Å². The molecule has 0 aliphatic carbocycles. The van der Waals surface area contributed by atoms with Crippen LogP contribution in [0.25, 0.3) is 0 Å². The van der Waals surface area contributed by atoms with Crippen molar-refractivity contribution in [3.05, 3.63) is 72.9 Å². The highest BCUT2D eigenvalue weighted by Crippen LogP contribution is 2.42. The molecule has 2 N–H and O–H groups in total. The smallest absolute Gasteiger partial charge is 0.471 e. The minimum Gasteiger partial charge on any atom is -0.508 e. The third-order valence-corrected chi connectivity index (χ3v) is 7.35. The number of carbonyl (C=O) groups is 2. The first-order chi connectivity index (χ1) is 18.8. The number of ether oxygens (including phenoxy) is 2. The standard InChI is InChI=1S/C25H18Br2ClF3N4O5/c1-11-12(8-18(23(37)39-2)33-24(38)25(29,30)31)7-16(26)22(21(11)27)40-13-3-5-19(36)14(9-13)15(10-32)17-4-6-20(28)35-34-17/h3-7,9,15,18,36H,8H2,1-2H3,(H,33,38). The zero-order valence-electron chi connectivity index (χ0n) is 20.5. The molecule has 2 unspecified atom stereocenters. The highest BCUT2D eigenvalue weighted by Gasteiger charge is 2.41. The number of methoxy groups -OCH3 is 1. The van der Waals surface area contributed by atoms with Crippen LogP contribution >= 0.6 is 43.5 Å². The number of hydrogen-bond acceptors (Lipinski definition) is 8. The van der Waals surface area contributed by atoms with Crippen molar-refractivity contribution in [3.63, 3.8) is 0 Å². The molecule has 3 aromatic rings. The number of alkyl halides is 3. The summed E-state index contributed by atoms with van der Waals surface area (Å²) in [5, 5.41) is 29.6. The number of nitrogens with one attached hydrogen (secondary N) is 1. The number of phenols is 1. The van der Waals surface area contributed by atoms with Gasteiger partial charge in [-0.25, -0.2) is 4.79 Å². The molecule has 9 nitrogen and oxygen atoms in total. The molecule has 1 heterocycles. The lowest BCUT2D eigenvalue weighted by molar-refractivity contribution is -0.175. The Kier molecular flexibility index (Phi) is 9.99. The number of carbonyl (C=O) groups excluding carboxylic acids is 2. The number of aromatic hydroxyl groups is 1. The first-order valence-corrected chi connectivity index (χ1v) is 13.1. The Morgan fingerprint density at radius 3 is 2.48 bits per heavy atom. The summed E-state index contributed by atoms with van der Waals surface area (Å²) in [6, 6.07) is 9.19. The zero-order valence-corrected chi connectivity index (χ0v) is 24.4. The van der Waals surface area contributed by atoms with Crippen molar-refractivity contribution < 1.29 is 37.3 Å². The van der Waals surface area contributed by atoms with E-state index in [1.165, 1.54) is 36.4 Å². The van der Waals surface area contributed by atoms with Gasteiger partial charge in [-0.2, -0.15) is 23.5 Å². The van der Waals surface area contributed by atoms with Crippen LogP contribution in [0.4, 0.5) is 13.2 Å². The maximum Gasteiger partial charge on any atom is 0.471 e. The van der Waals surface area contributed by atoms with Crippen LogP contribution < -0.4 is 10.1 Å². The number of hydrogen-bond donors (Lipinski definition) is 2. The van der Waals surface area contributed by atoms with E-state index in [-0.39, 0.29) is 40.1 Å². The van der Waals surface area contributed by atoms with Crippen LogP contribution in [0.5, 0.6) is 17.2 Å². The van der Waals surface area contributed by atoms with Crippen LogP contribution in [-0.2, 0) is 20.7 Å². The molecule has 0 radical (unpaired) electrons. The number of amides is 1. The van der Waals surface area contributed by atoms with Crippen molar-refractivity contribution in [2.75, 3.05) is 7.11 Å². The van der Waals surface area contributed by atoms with Crippen molar-refractivity contribution in [1.29, 1.82) is 5.26 Å². The van der Waals surface area contributed by atoms with E-state index in [0.29, 0.717) is 20.1 Å². The monoisotopic (exact) mass is 704 g/mol. The Morgan fingerprint density at radius 2 is 1.90 bits per heavy atom. The largest absolute Gasteiger partial charge is 0.508 e. The molecule has 3 rings (SSSR count). The summed E-state index contributed by atoms with van der Waals surface area (Å²) in [4.78, 5) is 23.6. The van der Waals surface area contributed by atoms with E-state index in [1.54, 1.807) is 12.2 Å². The average Bonchev–Trinajstić information content (AvgIpc) is 2.91. The van der Waals surface area contributed by atoms with Gasteiger partial charge in [0.2, 0.25) is 0 Å². The van der Waals surface area contributed by atoms with Crippen molar-refractivity contribution in [2.24, 2.45) is 0 Å². The van der Waals surface area contributed by atoms with Gasteiger partial charge in [0.05, 0.1) is 27.8 Å². The van der Waals surface area contributed by atoms with Crippen LogP contribution in [0.2, 0.25) is 5.15 Å². The van der Waals surface area contributed by atoms with Crippen LogP contribution in [0, 0.1) is 18.3 Å². The normalized spacial score (nSPS) is 12.7. The lowest BCUT2D eigenvalue weighted by Crippen LogP contribution is -2.48. The van der Waals surface area contributed by atoms with E-state index in [1.807, 2.05) is 0 Å². The van der Waals surface area contributed by atoms with Gasteiger partial charge in [0.15, 0.2) is 10.9 Å². The molecule has 15 heteroatoms. The number of nitriles is 1. The minimum atomic E-state index is -5.19. The number of halogens is 6. The summed E-state index contributed by atoms with van der Waals surface area (Å²) >= 11 is 12.6. The summed E-state index contributed by atoms with van der Waals surface area (Å²) in [6.07, 6.45) is -5.50. The fourth-order valence-electron chi connectivity index (χ4n) is 3.56. The topological polar surface area (TPSA) is 134 Å². The second-order valence-corrected chi connectivity index (χ2v) is 10.2. The van der Waals surface area contributed by atoms with E-state index in [0.717, 1.165) is 7.11 Å². The van der Waals surface area contributed by atoms with Crippen molar-refractivity contribution in [3.8, 4) is 23.3 Å². The molecule has 1 amide bonds. The highest BCUT2D eigenvalue weighted by molar-refractivity contribution is 9.11. The summed E-state index contributed by atoms with van der Waals surface area (Å²) in [5.74, 6) is -4.03. The van der Waals surface area contributed by atoms with Gasteiger partial charge in [-0.3, -0.25) is 4.79 Å². The molecule has 0 fully saturated rings. The number of rotatable bonds is 8. The van der Waals surface area contributed by atoms with Gasteiger partial charge in [-0.05, 0) is 86.3 Å². The van der Waals surface area contributed by atoms with E-state index < -0.39 is 30.0 Å². The molecule has 0 aliphatic rings. The lowest BCUT2D eigenvalue weighted by Gasteiger charge is -2.21. The van der Waals surface area contributed by atoms with Gasteiger partial charge in [0, 0.05) is 12.0 Å². The first kappa shape index (κ1) is 31.1. The number of benzene rings is 2. The highest BCUT2D eigenvalue weighted by atomic mass is 79.9. The Labute approximate surface area is 247 Å². The molecule has 0 bridgehead atoms. The molecular formula is C25H18Br2ClF3N4O5. The van der Waals surface area contributed by atoms with Crippen LogP contribution in [0.3, 0.4) is 0 Å². The van der Waals surface area contributed by atoms with E-state index >= 15 is 0 Å². The SMILES string of the molecule is COC(=O)C(Cc1cc(Br)c(Oc2ccc(O)c(C(C#N)c3ccc(Cl)nn3)c2)c(Br)c1C)NC(=O)C(F)(F)F. The van der Waals surface area contributed by atoms with Gasteiger partial charge in [0.1, 0.15) is 23.5 Å². The van der Waals surface area contributed by atoms with Crippen molar-refractivity contribution in [2.45, 2.75) is 31.5 Å². The molecule has 0 saturated carbocycles. The third-order valence-electron chi connectivity index (χ3n) is 5.61. The second kappa shape index (κ2) is 12.8. The Balaban J connectivity index is 1.93. The molecule has 2 atom stereocenters. The van der Waals surface area contributed by atoms with Crippen molar-refractivity contribution >= 4 is 55.3 Å². The molecule has 210 valence electrons. The number of nitrogens with zero attached hydrogens (tertiary/aromatic N) is 3. The lowest BCUT2D eigenvalue weighted by atomic mass is 9.95. The zero-order chi connectivity index (χ0) is 29.8. The molecule has 2 aromatic carbocycles. The Morgan fingerprint density at radius 1 is 1.20 bits per heavy atom. The number of phenolic OH excluding ortho intramolecular Hbond substituents is 1. The predicted molar refractivity (Wildman–Crippen MR) is 143 cm³/mol. The van der Waals surface area contributed by atoms with Crippen LogP contribution in [0.1, 0.15) is 28.3 Å². The quantitative estimate of drug-likeness (QED) is 0.278. The van der Waals surface area contributed by atoms with Crippen LogP contribution in [0.15, 0.2) is 45.3 Å². The number of esters is 1. The summed E-state index contributed by atoms with van der Waals surface area (Å²) in [5.41, 5.74) is 1.35. The van der Waals surface area contributed by atoms with Gasteiger partial charge < -0.3 is 19.9 Å². The molecule has 0 spiro atoms. The summed E-state index contributed by atoms with van der Waals surface area (Å²) < 4.78 is 49.7. The Bertz CT molecular complexity index is 1480. The number of aromatic nitrogens is 2. The maximum absolute atomic E-state index is 12.8. The van der Waals surface area contributed by atoms with E-state index in [9.17, 15) is 33.1 Å². The minimum absolute atomic E-state index is 0.135. The van der Waals surface area contributed by atoms with E-state index in [2.05, 4.69) is 52.9 Å². The van der Waals surface area contributed by atoms with Gasteiger partial charge in [0.25, 0.3) is 0 Å². The molecule has 40 heavy (non-hydrogen) atoms. The molecule has 0 aliphatic heterocycles. The van der Waals surface area contributed by atoms with Gasteiger partial charge in [-0.1, -0.05) is 11.6 Å². The Hall–Kier alpha value is -3.41. The van der Waals surface area contributed by atoms with Crippen LogP contribution in [-0.4, -0.2) is 46.5 Å².